The number of phosphoric acid groups is 1. The number of nitrogens with two attached hydrogens (primary N) is 1. The van der Waals surface area contributed by atoms with Crippen LogP contribution in [-0.4, -0.2) is 49.3 Å². The van der Waals surface area contributed by atoms with E-state index in [9.17, 15) is 19.0 Å². The Balaban J connectivity index is 3.79. The lowest BCUT2D eigenvalue weighted by atomic mass is 10.0. The lowest BCUT2D eigenvalue weighted by molar-refractivity contribution is -0.161. The molecule has 0 rings (SSSR count). The molecule has 0 saturated carbocycles. The highest BCUT2D eigenvalue weighted by atomic mass is 31.2. The smallest absolute Gasteiger partial charge is 0.462 e. The summed E-state index contributed by atoms with van der Waals surface area (Å²) in [5.41, 5.74) is 5.41. The third-order valence-electron chi connectivity index (χ3n) is 17.1. The zero-order valence-corrected chi connectivity index (χ0v) is 59.6. The molecule has 0 aliphatic rings. The van der Waals surface area contributed by atoms with Crippen LogP contribution in [0.4, 0.5) is 0 Å². The van der Waals surface area contributed by atoms with Crippen molar-refractivity contribution in [3.05, 3.63) is 72.9 Å². The fraction of sp³-hybridized carbons (Fsp3) is 0.823. The van der Waals surface area contributed by atoms with E-state index in [-0.39, 0.29) is 38.6 Å². The number of ether oxygens (including phenoxy) is 2. The Kier molecular flexibility index (Phi) is 72.4. The third-order valence-corrected chi connectivity index (χ3v) is 18.1. The van der Waals surface area contributed by atoms with E-state index in [1.54, 1.807) is 0 Å². The Morgan fingerprint density at radius 3 is 0.933 bits per heavy atom. The minimum Gasteiger partial charge on any atom is -0.462 e. The zero-order chi connectivity index (χ0) is 64.4. The highest BCUT2D eigenvalue weighted by Gasteiger charge is 2.26. The first-order valence-electron chi connectivity index (χ1n) is 38.4. The summed E-state index contributed by atoms with van der Waals surface area (Å²) in [6.07, 6.45) is 98.9. The van der Waals surface area contributed by atoms with Crippen molar-refractivity contribution in [2.45, 2.75) is 392 Å². The lowest BCUT2D eigenvalue weighted by Gasteiger charge is -2.19. The molecular formula is C79H146NO8P. The molecule has 0 heterocycles. The second kappa shape index (κ2) is 74.5. The average Bonchev–Trinajstić information content (AvgIpc) is 3.66. The third kappa shape index (κ3) is 74.4. The van der Waals surface area contributed by atoms with Crippen LogP contribution in [0, 0.1) is 0 Å². The number of allylic oxidation sites excluding steroid dienone is 12. The van der Waals surface area contributed by atoms with Crippen LogP contribution in [0.5, 0.6) is 0 Å². The van der Waals surface area contributed by atoms with Gasteiger partial charge in [0.2, 0.25) is 0 Å². The predicted octanol–water partition coefficient (Wildman–Crippen LogP) is 25.5. The Morgan fingerprint density at radius 1 is 0.348 bits per heavy atom. The molecule has 0 amide bonds. The van der Waals surface area contributed by atoms with Crippen molar-refractivity contribution in [1.29, 1.82) is 0 Å². The van der Waals surface area contributed by atoms with Crippen molar-refractivity contribution in [2.75, 3.05) is 26.4 Å². The predicted molar refractivity (Wildman–Crippen MR) is 386 cm³/mol. The molecule has 10 heteroatoms. The Morgan fingerprint density at radius 2 is 0.618 bits per heavy atom. The first-order valence-corrected chi connectivity index (χ1v) is 39.9. The summed E-state index contributed by atoms with van der Waals surface area (Å²) in [5.74, 6) is -0.807. The molecule has 0 aliphatic carbocycles. The molecule has 0 spiro atoms. The highest BCUT2D eigenvalue weighted by Crippen LogP contribution is 2.43. The molecule has 520 valence electrons. The highest BCUT2D eigenvalue weighted by molar-refractivity contribution is 7.47. The summed E-state index contributed by atoms with van der Waals surface area (Å²) in [7, 11) is -4.40. The van der Waals surface area contributed by atoms with Gasteiger partial charge in [-0.25, -0.2) is 4.57 Å². The van der Waals surface area contributed by atoms with E-state index in [0.717, 1.165) is 64.2 Å². The van der Waals surface area contributed by atoms with E-state index in [4.69, 9.17) is 24.3 Å². The number of hydrogen-bond donors (Lipinski definition) is 2. The summed E-state index contributed by atoms with van der Waals surface area (Å²) in [4.78, 5) is 35.4. The van der Waals surface area contributed by atoms with Gasteiger partial charge in [0.1, 0.15) is 6.61 Å². The van der Waals surface area contributed by atoms with Crippen LogP contribution in [-0.2, 0) is 32.7 Å². The molecule has 9 nitrogen and oxygen atoms in total. The van der Waals surface area contributed by atoms with Gasteiger partial charge in [0, 0.05) is 19.4 Å². The monoisotopic (exact) mass is 1270 g/mol. The van der Waals surface area contributed by atoms with Gasteiger partial charge in [-0.05, 0) is 83.5 Å². The number of carbonyl (C=O) groups is 2. The molecule has 0 aliphatic heterocycles. The summed E-state index contributed by atoms with van der Waals surface area (Å²) >= 11 is 0. The van der Waals surface area contributed by atoms with Gasteiger partial charge in [0.25, 0.3) is 0 Å². The van der Waals surface area contributed by atoms with Crippen molar-refractivity contribution in [1.82, 2.24) is 0 Å². The Bertz CT molecular complexity index is 1690. The van der Waals surface area contributed by atoms with E-state index in [2.05, 4.69) is 86.8 Å². The first-order chi connectivity index (χ1) is 43.8. The first kappa shape index (κ1) is 86.5. The summed E-state index contributed by atoms with van der Waals surface area (Å²) in [6.45, 7) is 3.70. The fourth-order valence-corrected chi connectivity index (χ4v) is 12.2. The van der Waals surface area contributed by atoms with Gasteiger partial charge >= 0.3 is 19.8 Å². The molecule has 2 atom stereocenters. The van der Waals surface area contributed by atoms with E-state index < -0.39 is 26.5 Å². The number of hydrogen-bond acceptors (Lipinski definition) is 8. The Labute approximate surface area is 552 Å². The van der Waals surface area contributed by atoms with Crippen LogP contribution in [0.15, 0.2) is 72.9 Å². The maximum Gasteiger partial charge on any atom is 0.472 e. The van der Waals surface area contributed by atoms with Crippen LogP contribution in [0.1, 0.15) is 386 Å². The van der Waals surface area contributed by atoms with Gasteiger partial charge in [-0.3, -0.25) is 18.6 Å². The lowest BCUT2D eigenvalue weighted by Crippen LogP contribution is -2.29. The quantitative estimate of drug-likeness (QED) is 0.0264. The molecule has 0 aromatic rings. The van der Waals surface area contributed by atoms with Gasteiger partial charge in [-0.15, -0.1) is 0 Å². The number of rotatable bonds is 73. The van der Waals surface area contributed by atoms with Crippen LogP contribution < -0.4 is 5.73 Å². The van der Waals surface area contributed by atoms with Crippen LogP contribution in [0.25, 0.3) is 0 Å². The maximum absolute atomic E-state index is 12.8. The minimum atomic E-state index is -4.40. The molecule has 0 bridgehead atoms. The van der Waals surface area contributed by atoms with Crippen molar-refractivity contribution < 1.29 is 37.6 Å². The zero-order valence-electron chi connectivity index (χ0n) is 58.7. The molecular weight excluding hydrogens is 1120 g/mol. The summed E-state index contributed by atoms with van der Waals surface area (Å²) < 4.78 is 33.3. The summed E-state index contributed by atoms with van der Waals surface area (Å²) in [5, 5.41) is 0. The van der Waals surface area contributed by atoms with E-state index in [1.807, 2.05) is 0 Å². The molecule has 0 fully saturated rings. The maximum atomic E-state index is 12.8. The number of phosphoric ester groups is 1. The SMILES string of the molecule is CC/C=C\C/C=C\C/C=C\C/C=C\C/C=C\CCCCCCCCCCCCCCCCCCCCCC(=O)OC(COC(=O)CCCCCCCCCCCCCCCCCCCCCCC/C=C\CCCCCCCCCC)COP(=O)(O)OCCN. The summed E-state index contributed by atoms with van der Waals surface area (Å²) in [6, 6.07) is 0. The fourth-order valence-electron chi connectivity index (χ4n) is 11.4. The van der Waals surface area contributed by atoms with Gasteiger partial charge in [0.15, 0.2) is 6.10 Å². The molecule has 3 N–H and O–H groups in total. The van der Waals surface area contributed by atoms with E-state index in [0.29, 0.717) is 6.42 Å². The Hall–Kier alpha value is -2.55. The molecule has 0 radical (unpaired) electrons. The van der Waals surface area contributed by atoms with Crippen molar-refractivity contribution in [3.63, 3.8) is 0 Å². The van der Waals surface area contributed by atoms with E-state index >= 15 is 0 Å². The molecule has 0 saturated heterocycles. The van der Waals surface area contributed by atoms with Crippen LogP contribution in [0.2, 0.25) is 0 Å². The normalized spacial score (nSPS) is 13.3. The van der Waals surface area contributed by atoms with Crippen LogP contribution >= 0.6 is 7.82 Å². The van der Waals surface area contributed by atoms with E-state index in [1.165, 1.54) is 289 Å². The number of unbranched alkanes of at least 4 members (excludes halogenated alkanes) is 48. The second-order valence-electron chi connectivity index (χ2n) is 25.8. The largest absolute Gasteiger partial charge is 0.472 e. The van der Waals surface area contributed by atoms with Gasteiger partial charge in [-0.1, -0.05) is 363 Å². The van der Waals surface area contributed by atoms with Crippen LogP contribution in [0.3, 0.4) is 0 Å². The molecule has 0 aromatic heterocycles. The number of carbonyl (C=O) groups excluding carboxylic acids is 2. The minimum absolute atomic E-state index is 0.0544. The van der Waals surface area contributed by atoms with Crippen molar-refractivity contribution >= 4 is 19.8 Å². The van der Waals surface area contributed by atoms with Gasteiger partial charge in [0.05, 0.1) is 13.2 Å². The molecule has 2 unspecified atom stereocenters. The molecule has 89 heavy (non-hydrogen) atoms. The molecule has 0 aromatic carbocycles. The topological polar surface area (TPSA) is 134 Å². The number of esters is 2. The van der Waals surface area contributed by atoms with Gasteiger partial charge in [-0.2, -0.15) is 0 Å². The van der Waals surface area contributed by atoms with Gasteiger partial charge < -0.3 is 20.1 Å². The standard InChI is InChI=1S/C79H146NO8P/c1-3-5-7-9-11-13-15-17-19-21-23-25-27-29-31-33-35-37-38-40-42-44-46-48-50-52-54-56-58-60-62-64-66-68-70-72-79(82)88-77(76-87-89(83,84)86-74-73-80)75-85-78(81)71-69-67-65-63-61-59-57-55-53-51-49-47-45-43-41-39-36-34-32-30-28-26-24-22-20-18-16-14-12-10-8-6-4-2/h5,7,11,13,17,19,22-25,29,31,77H,3-4,6,8-10,12,14-16,18,20-21,26-28,30,32-76,80H2,1-2H3,(H,83,84)/b7-5-,13-11-,19-17-,24-22-,25-23-,31-29-. The van der Waals surface area contributed by atoms with Crippen molar-refractivity contribution in [3.8, 4) is 0 Å². The second-order valence-corrected chi connectivity index (χ2v) is 27.3. The van der Waals surface area contributed by atoms with Crippen molar-refractivity contribution in [2.24, 2.45) is 5.73 Å². The average molecular weight is 1270 g/mol.